The number of rotatable bonds is 6. The number of hydrazone groups is 1. The van der Waals surface area contributed by atoms with Crippen LogP contribution in [0, 0.1) is 0 Å². The number of thiocarbonyl (C=S) groups is 1. The lowest BCUT2D eigenvalue weighted by molar-refractivity contribution is 0.179. The summed E-state index contributed by atoms with van der Waals surface area (Å²) in [6.45, 7) is 2.50. The summed E-state index contributed by atoms with van der Waals surface area (Å²) in [4.78, 5) is 0. The third-order valence-corrected chi connectivity index (χ3v) is 4.02. The van der Waals surface area contributed by atoms with Gasteiger partial charge in [0.15, 0.2) is 5.11 Å². The van der Waals surface area contributed by atoms with Crippen LogP contribution in [0.15, 0.2) is 39.9 Å². The Morgan fingerprint density at radius 1 is 1.38 bits per heavy atom. The minimum Gasteiger partial charge on any atom is -0.455 e. The van der Waals surface area contributed by atoms with Gasteiger partial charge in [-0.3, -0.25) is 5.43 Å². The average Bonchev–Trinajstić information content (AvgIpc) is 2.99. The minimum absolute atomic E-state index is 0.0883. The van der Waals surface area contributed by atoms with E-state index in [-0.39, 0.29) is 6.04 Å². The van der Waals surface area contributed by atoms with Crippen molar-refractivity contribution in [3.63, 3.8) is 0 Å². The zero-order valence-electron chi connectivity index (χ0n) is 13.2. The lowest BCUT2D eigenvalue weighted by Gasteiger charge is -2.13. The molecule has 1 heterocycles. The molecule has 2 aromatic rings. The van der Waals surface area contributed by atoms with Gasteiger partial charge in [0, 0.05) is 18.7 Å². The van der Waals surface area contributed by atoms with E-state index >= 15 is 0 Å². The highest BCUT2D eigenvalue weighted by molar-refractivity contribution is 7.80. The highest BCUT2D eigenvalue weighted by Crippen LogP contribution is 2.34. The molecular formula is C16H17Cl2N3O2S. The molecule has 1 aromatic heterocycles. The molecule has 1 atom stereocenters. The van der Waals surface area contributed by atoms with Gasteiger partial charge in [0.1, 0.15) is 11.5 Å². The molecule has 128 valence electrons. The van der Waals surface area contributed by atoms with Crippen LogP contribution in [-0.2, 0) is 4.74 Å². The molecule has 2 rings (SSSR count). The fourth-order valence-corrected chi connectivity index (χ4v) is 2.61. The molecule has 0 bridgehead atoms. The van der Waals surface area contributed by atoms with Gasteiger partial charge in [0.05, 0.1) is 22.9 Å². The van der Waals surface area contributed by atoms with Gasteiger partial charge in [-0.1, -0.05) is 29.3 Å². The summed E-state index contributed by atoms with van der Waals surface area (Å²) in [6, 6.07) is 9.04. The Kier molecular flexibility index (Phi) is 7.05. The Balaban J connectivity index is 1.96. The molecule has 0 spiro atoms. The van der Waals surface area contributed by atoms with Crippen LogP contribution in [0.3, 0.4) is 0 Å². The Morgan fingerprint density at radius 2 is 2.17 bits per heavy atom. The summed E-state index contributed by atoms with van der Waals surface area (Å²) in [5.74, 6) is 1.17. The first-order valence-electron chi connectivity index (χ1n) is 7.14. The molecule has 1 aromatic carbocycles. The first-order chi connectivity index (χ1) is 11.5. The quantitative estimate of drug-likeness (QED) is 0.445. The second-order valence-corrected chi connectivity index (χ2v) is 6.20. The fourth-order valence-electron chi connectivity index (χ4n) is 1.96. The number of nitrogens with zero attached hydrogens (tertiary/aromatic N) is 1. The Hall–Kier alpha value is -1.60. The molecule has 5 nitrogen and oxygen atoms in total. The topological polar surface area (TPSA) is 58.8 Å². The van der Waals surface area contributed by atoms with E-state index in [0.717, 1.165) is 5.56 Å². The van der Waals surface area contributed by atoms with E-state index < -0.39 is 0 Å². The maximum atomic E-state index is 6.18. The minimum atomic E-state index is 0.0883. The van der Waals surface area contributed by atoms with Crippen molar-refractivity contribution < 1.29 is 9.15 Å². The number of halogens is 2. The van der Waals surface area contributed by atoms with Gasteiger partial charge in [-0.15, -0.1) is 0 Å². The zero-order chi connectivity index (χ0) is 17.5. The number of hydrogen-bond acceptors (Lipinski definition) is 4. The average molecular weight is 386 g/mol. The molecule has 24 heavy (non-hydrogen) atoms. The van der Waals surface area contributed by atoms with E-state index in [9.17, 15) is 0 Å². The van der Waals surface area contributed by atoms with Crippen molar-refractivity contribution in [1.82, 2.24) is 10.7 Å². The molecule has 8 heteroatoms. The first-order valence-corrected chi connectivity index (χ1v) is 8.30. The first kappa shape index (κ1) is 18.7. The van der Waals surface area contributed by atoms with E-state index in [0.29, 0.717) is 33.3 Å². The van der Waals surface area contributed by atoms with Crippen LogP contribution in [0.25, 0.3) is 11.3 Å². The van der Waals surface area contributed by atoms with E-state index in [1.807, 2.05) is 19.1 Å². The Labute approximate surface area is 156 Å². The van der Waals surface area contributed by atoms with Crippen LogP contribution >= 0.6 is 35.4 Å². The summed E-state index contributed by atoms with van der Waals surface area (Å²) in [5.41, 5.74) is 3.44. The number of hydrogen-bond donors (Lipinski definition) is 2. The fraction of sp³-hybridized carbons (Fsp3) is 0.250. The molecule has 0 fully saturated rings. The summed E-state index contributed by atoms with van der Waals surface area (Å²) in [6.07, 6.45) is 1.52. The molecule has 0 amide bonds. The van der Waals surface area contributed by atoms with Crippen molar-refractivity contribution >= 4 is 46.7 Å². The SMILES string of the molecule is COC[C@@H](C)NC(=S)N/N=C\c1ccc(-c2cccc(Cl)c2Cl)o1. The van der Waals surface area contributed by atoms with Crippen molar-refractivity contribution in [1.29, 1.82) is 0 Å². The van der Waals surface area contributed by atoms with Gasteiger partial charge in [-0.05, 0) is 43.4 Å². The highest BCUT2D eigenvalue weighted by atomic mass is 35.5. The second kappa shape index (κ2) is 9.03. The molecule has 0 unspecified atom stereocenters. The summed E-state index contributed by atoms with van der Waals surface area (Å²) < 4.78 is 10.7. The molecule has 0 aliphatic heterocycles. The molecule has 0 aliphatic carbocycles. The van der Waals surface area contributed by atoms with Crippen LogP contribution < -0.4 is 10.7 Å². The maximum absolute atomic E-state index is 6.18. The van der Waals surface area contributed by atoms with Gasteiger partial charge >= 0.3 is 0 Å². The van der Waals surface area contributed by atoms with Crippen molar-refractivity contribution in [2.24, 2.45) is 5.10 Å². The van der Waals surface area contributed by atoms with Gasteiger partial charge in [-0.25, -0.2) is 0 Å². The summed E-state index contributed by atoms with van der Waals surface area (Å²) in [5, 5.41) is 8.39. The van der Waals surface area contributed by atoms with Crippen molar-refractivity contribution in [3.8, 4) is 11.3 Å². The predicted molar refractivity (Wildman–Crippen MR) is 102 cm³/mol. The number of benzene rings is 1. The van der Waals surface area contributed by atoms with Crippen molar-refractivity contribution in [2.75, 3.05) is 13.7 Å². The standard InChI is InChI=1S/C16H17Cl2N3O2S/c1-10(9-22-2)20-16(24)21-19-8-11-6-7-14(23-11)12-4-3-5-13(17)15(12)18/h3-8,10H,9H2,1-2H3,(H2,20,21,24)/b19-8-/t10-/m1/s1. The molecule has 0 radical (unpaired) electrons. The molecule has 2 N–H and O–H groups in total. The summed E-state index contributed by atoms with van der Waals surface area (Å²) >= 11 is 17.3. The molecule has 0 saturated carbocycles. The van der Waals surface area contributed by atoms with Crippen molar-refractivity contribution in [3.05, 3.63) is 46.1 Å². The Morgan fingerprint density at radius 3 is 2.92 bits per heavy atom. The lowest BCUT2D eigenvalue weighted by atomic mass is 10.2. The number of ether oxygens (including phenoxy) is 1. The van der Waals surface area contributed by atoms with Crippen LogP contribution in [0.5, 0.6) is 0 Å². The number of methoxy groups -OCH3 is 1. The maximum Gasteiger partial charge on any atom is 0.187 e. The highest BCUT2D eigenvalue weighted by Gasteiger charge is 2.10. The van der Waals surface area contributed by atoms with Crippen LogP contribution in [0.2, 0.25) is 10.0 Å². The predicted octanol–water partition coefficient (Wildman–Crippen LogP) is 4.09. The molecule has 0 saturated heterocycles. The van der Waals surface area contributed by atoms with Gasteiger partial charge in [-0.2, -0.15) is 5.10 Å². The van der Waals surface area contributed by atoms with Gasteiger partial charge in [0.25, 0.3) is 0 Å². The van der Waals surface area contributed by atoms with E-state index in [1.54, 1.807) is 25.3 Å². The molecule has 0 aliphatic rings. The number of furan rings is 1. The zero-order valence-corrected chi connectivity index (χ0v) is 15.5. The normalized spacial score (nSPS) is 12.3. The largest absolute Gasteiger partial charge is 0.455 e. The van der Waals surface area contributed by atoms with Crippen LogP contribution in [-0.4, -0.2) is 31.1 Å². The molecular weight excluding hydrogens is 369 g/mol. The van der Waals surface area contributed by atoms with Crippen LogP contribution in [0.4, 0.5) is 0 Å². The van der Waals surface area contributed by atoms with E-state index in [2.05, 4.69) is 15.8 Å². The lowest BCUT2D eigenvalue weighted by Crippen LogP contribution is -2.40. The van der Waals surface area contributed by atoms with Gasteiger partial charge in [0.2, 0.25) is 0 Å². The number of nitrogens with one attached hydrogen (secondary N) is 2. The van der Waals surface area contributed by atoms with Crippen molar-refractivity contribution in [2.45, 2.75) is 13.0 Å². The van der Waals surface area contributed by atoms with E-state index in [1.165, 1.54) is 6.21 Å². The Bertz CT molecular complexity index is 734. The second-order valence-electron chi connectivity index (χ2n) is 5.00. The van der Waals surface area contributed by atoms with E-state index in [4.69, 9.17) is 44.6 Å². The van der Waals surface area contributed by atoms with Gasteiger partial charge < -0.3 is 14.5 Å². The monoisotopic (exact) mass is 385 g/mol. The third-order valence-electron chi connectivity index (χ3n) is 3.00. The smallest absolute Gasteiger partial charge is 0.187 e. The summed E-state index contributed by atoms with van der Waals surface area (Å²) in [7, 11) is 1.63. The van der Waals surface area contributed by atoms with Crippen LogP contribution in [0.1, 0.15) is 12.7 Å². The third kappa shape index (κ3) is 5.21.